The van der Waals surface area contributed by atoms with Gasteiger partial charge in [0.2, 0.25) is 11.7 Å². The van der Waals surface area contributed by atoms with Crippen molar-refractivity contribution in [3.63, 3.8) is 0 Å². The summed E-state index contributed by atoms with van der Waals surface area (Å²) < 4.78 is 16.9. The third-order valence-corrected chi connectivity index (χ3v) is 6.81. The third kappa shape index (κ3) is 4.35. The van der Waals surface area contributed by atoms with Crippen molar-refractivity contribution in [3.8, 4) is 34.4 Å². The Balaban J connectivity index is 1.99. The molecule has 0 bridgehead atoms. The number of hydrogen-bond donors (Lipinski definition) is 1. The minimum Gasteiger partial charge on any atom is -0.493 e. The van der Waals surface area contributed by atoms with E-state index in [1.54, 1.807) is 13.2 Å². The van der Waals surface area contributed by atoms with E-state index in [2.05, 4.69) is 11.4 Å². The molecule has 0 aromatic heterocycles. The number of nitrogens with zero attached hydrogens (tertiary/aromatic N) is 2. The van der Waals surface area contributed by atoms with E-state index < -0.39 is 23.4 Å². The number of rotatable bonds is 5. The van der Waals surface area contributed by atoms with Crippen LogP contribution in [0.25, 0.3) is 11.1 Å². The van der Waals surface area contributed by atoms with Crippen molar-refractivity contribution < 1.29 is 23.8 Å². The number of likely N-dealkylation sites (tertiary alicyclic amines) is 1. The summed E-state index contributed by atoms with van der Waals surface area (Å²) in [5.41, 5.74) is 2.35. The number of methoxy groups -OCH3 is 3. The molecule has 1 fully saturated rings. The van der Waals surface area contributed by atoms with Crippen molar-refractivity contribution in [2.24, 2.45) is 0 Å². The zero-order valence-corrected chi connectivity index (χ0v) is 20.8. The summed E-state index contributed by atoms with van der Waals surface area (Å²) in [6.07, 6.45) is 2.40. The minimum absolute atomic E-state index is 0.0206. The quantitative estimate of drug-likeness (QED) is 0.683. The van der Waals surface area contributed by atoms with E-state index >= 15 is 0 Å². The van der Waals surface area contributed by atoms with Gasteiger partial charge in [0.25, 0.3) is 5.91 Å². The Morgan fingerprint density at radius 2 is 1.83 bits per heavy atom. The summed E-state index contributed by atoms with van der Waals surface area (Å²) in [7, 11) is 4.59. The smallest absolute Gasteiger partial charge is 0.258 e. The van der Waals surface area contributed by atoms with Gasteiger partial charge in [-0.05, 0) is 60.6 Å². The Kier molecular flexibility index (Phi) is 7.15. The van der Waals surface area contributed by atoms with Crippen molar-refractivity contribution in [1.82, 2.24) is 10.2 Å². The lowest BCUT2D eigenvalue weighted by atomic mass is 9.95. The van der Waals surface area contributed by atoms with Crippen LogP contribution in [-0.2, 0) is 11.2 Å². The molecule has 0 saturated carbocycles. The molecule has 188 valence electrons. The second kappa shape index (κ2) is 10.3. The normalized spacial score (nSPS) is 18.2. The average molecular weight is 492 g/mol. The highest BCUT2D eigenvalue weighted by Crippen LogP contribution is 2.50. The van der Waals surface area contributed by atoms with Gasteiger partial charge in [0.05, 0.1) is 39.0 Å². The second-order valence-electron chi connectivity index (χ2n) is 8.88. The molecule has 2 atom stereocenters. The number of nitriles is 1. The van der Waals surface area contributed by atoms with Gasteiger partial charge in [-0.15, -0.1) is 0 Å². The molecular weight excluding hydrogens is 462 g/mol. The van der Waals surface area contributed by atoms with Gasteiger partial charge in [0.15, 0.2) is 16.9 Å². The van der Waals surface area contributed by atoms with Crippen LogP contribution in [0.3, 0.4) is 0 Å². The summed E-state index contributed by atoms with van der Waals surface area (Å²) in [6, 6.07) is 7.65. The lowest BCUT2D eigenvalue weighted by molar-refractivity contribution is -0.119. The molecule has 1 N–H and O–H groups in total. The summed E-state index contributed by atoms with van der Waals surface area (Å²) in [4.78, 5) is 40.2. The molecule has 1 aliphatic heterocycles. The SMILES string of the molecule is COc1cc2c(c(OC)c1OC)-c1ccc(C(=O)N3CCCC3C#N)c(=O)cc1C(NC(C)=O)CC2. The predicted molar refractivity (Wildman–Crippen MR) is 132 cm³/mol. The van der Waals surface area contributed by atoms with Crippen molar-refractivity contribution in [2.45, 2.75) is 44.7 Å². The summed E-state index contributed by atoms with van der Waals surface area (Å²) in [5, 5.41) is 12.4. The monoisotopic (exact) mass is 491 g/mol. The van der Waals surface area contributed by atoms with Crippen LogP contribution in [0.1, 0.15) is 53.7 Å². The van der Waals surface area contributed by atoms with Crippen LogP contribution in [0.15, 0.2) is 29.1 Å². The third-order valence-electron chi connectivity index (χ3n) is 6.81. The molecule has 9 heteroatoms. The molecule has 1 aliphatic carbocycles. The first kappa shape index (κ1) is 25.0. The van der Waals surface area contributed by atoms with Crippen molar-refractivity contribution in [3.05, 3.63) is 51.2 Å². The Hall–Kier alpha value is -4.06. The Morgan fingerprint density at radius 1 is 1.08 bits per heavy atom. The van der Waals surface area contributed by atoms with Crippen LogP contribution < -0.4 is 25.0 Å². The number of amides is 2. The molecule has 4 rings (SSSR count). The van der Waals surface area contributed by atoms with E-state index in [1.807, 2.05) is 6.07 Å². The molecular formula is C27H29N3O6. The lowest BCUT2D eigenvalue weighted by Crippen LogP contribution is -2.36. The number of fused-ring (bicyclic) bond motifs is 3. The van der Waals surface area contributed by atoms with Crippen molar-refractivity contribution in [1.29, 1.82) is 5.26 Å². The molecule has 1 saturated heterocycles. The molecule has 2 aliphatic rings. The molecule has 0 spiro atoms. The highest BCUT2D eigenvalue weighted by atomic mass is 16.5. The maximum absolute atomic E-state index is 13.4. The Bertz CT molecular complexity index is 1320. The number of ether oxygens (including phenoxy) is 3. The number of aryl methyl sites for hydroxylation is 1. The first-order chi connectivity index (χ1) is 17.3. The van der Waals surface area contributed by atoms with Crippen LogP contribution in [-0.4, -0.2) is 50.6 Å². The molecule has 2 amide bonds. The standard InChI is InChI=1S/C27H29N3O6/c1-15(31)29-21-10-7-16-12-23(34-2)25(35-3)26(36-4)24(16)18-8-9-19(22(32)13-20(18)21)27(33)30-11-5-6-17(30)14-28/h8-9,12-13,17,21H,5-7,10-11H2,1-4H3,(H,29,31). The van der Waals surface area contributed by atoms with Gasteiger partial charge < -0.3 is 24.4 Å². The minimum atomic E-state index is -0.551. The maximum atomic E-state index is 13.4. The zero-order chi connectivity index (χ0) is 26.0. The molecule has 2 aromatic carbocycles. The highest BCUT2D eigenvalue weighted by Gasteiger charge is 2.32. The summed E-state index contributed by atoms with van der Waals surface area (Å²) in [5.74, 6) is 0.645. The van der Waals surface area contributed by atoms with E-state index in [1.165, 1.54) is 38.2 Å². The van der Waals surface area contributed by atoms with Gasteiger partial charge in [-0.1, -0.05) is 6.07 Å². The van der Waals surface area contributed by atoms with E-state index in [-0.39, 0.29) is 11.5 Å². The van der Waals surface area contributed by atoms with Gasteiger partial charge in [-0.2, -0.15) is 5.26 Å². The fourth-order valence-corrected chi connectivity index (χ4v) is 5.18. The average Bonchev–Trinajstić information content (AvgIpc) is 3.22. The molecule has 36 heavy (non-hydrogen) atoms. The van der Waals surface area contributed by atoms with Crippen LogP contribution in [0.2, 0.25) is 0 Å². The Morgan fingerprint density at radius 3 is 2.47 bits per heavy atom. The van der Waals surface area contributed by atoms with E-state index in [4.69, 9.17) is 14.2 Å². The van der Waals surface area contributed by atoms with Gasteiger partial charge in [-0.25, -0.2) is 0 Å². The second-order valence-corrected chi connectivity index (χ2v) is 8.88. The van der Waals surface area contributed by atoms with E-state index in [0.717, 1.165) is 5.56 Å². The van der Waals surface area contributed by atoms with Crippen LogP contribution in [0.5, 0.6) is 17.2 Å². The van der Waals surface area contributed by atoms with E-state index in [0.29, 0.717) is 66.2 Å². The van der Waals surface area contributed by atoms with Crippen molar-refractivity contribution >= 4 is 11.8 Å². The lowest BCUT2D eigenvalue weighted by Gasteiger charge is -2.19. The first-order valence-electron chi connectivity index (χ1n) is 11.8. The van der Waals surface area contributed by atoms with Gasteiger partial charge in [-0.3, -0.25) is 14.4 Å². The number of hydrogen-bond acceptors (Lipinski definition) is 7. The molecule has 1 heterocycles. The summed E-state index contributed by atoms with van der Waals surface area (Å²) in [6.45, 7) is 1.85. The van der Waals surface area contributed by atoms with Crippen LogP contribution in [0, 0.1) is 11.3 Å². The molecule has 9 nitrogen and oxygen atoms in total. The topological polar surface area (TPSA) is 118 Å². The summed E-state index contributed by atoms with van der Waals surface area (Å²) >= 11 is 0. The molecule has 0 radical (unpaired) electrons. The fourth-order valence-electron chi connectivity index (χ4n) is 5.18. The molecule has 2 aromatic rings. The van der Waals surface area contributed by atoms with Crippen LogP contribution in [0.4, 0.5) is 0 Å². The maximum Gasteiger partial charge on any atom is 0.258 e. The van der Waals surface area contributed by atoms with Crippen molar-refractivity contribution in [2.75, 3.05) is 27.9 Å². The number of nitrogens with one attached hydrogen (secondary N) is 1. The predicted octanol–water partition coefficient (Wildman–Crippen LogP) is 2.99. The zero-order valence-electron chi connectivity index (χ0n) is 20.8. The fraction of sp³-hybridized carbons (Fsp3) is 0.407. The highest BCUT2D eigenvalue weighted by molar-refractivity contribution is 5.95. The Labute approximate surface area is 209 Å². The van der Waals surface area contributed by atoms with E-state index in [9.17, 15) is 19.6 Å². The largest absolute Gasteiger partial charge is 0.493 e. The van der Waals surface area contributed by atoms with Gasteiger partial charge >= 0.3 is 0 Å². The number of carbonyl (C=O) groups excluding carboxylic acids is 2. The van der Waals surface area contributed by atoms with Gasteiger partial charge in [0.1, 0.15) is 6.04 Å². The number of carbonyl (C=O) groups is 2. The van der Waals surface area contributed by atoms with Crippen LogP contribution >= 0.6 is 0 Å². The molecule has 2 unspecified atom stereocenters. The first-order valence-corrected chi connectivity index (χ1v) is 11.8. The number of benzene rings is 1. The van der Waals surface area contributed by atoms with Gasteiger partial charge in [0, 0.05) is 19.0 Å².